The highest BCUT2D eigenvalue weighted by atomic mass is 32.2. The van der Waals surface area contributed by atoms with Crippen LogP contribution in [0.2, 0.25) is 0 Å². The topological polar surface area (TPSA) is 79.8 Å². The van der Waals surface area contributed by atoms with Gasteiger partial charge in [-0.1, -0.05) is 6.42 Å². The first-order valence-corrected chi connectivity index (χ1v) is 12.5. The van der Waals surface area contributed by atoms with Gasteiger partial charge in [0.1, 0.15) is 0 Å². The zero-order valence-corrected chi connectivity index (χ0v) is 17.6. The van der Waals surface area contributed by atoms with Gasteiger partial charge in [0.15, 0.2) is 15.8 Å². The lowest BCUT2D eigenvalue weighted by atomic mass is 9.94. The van der Waals surface area contributed by atoms with Crippen molar-refractivity contribution >= 4 is 15.8 Å². The fourth-order valence-electron chi connectivity index (χ4n) is 5.51. The number of fused-ring (bicyclic) bond motifs is 2. The van der Waals surface area contributed by atoms with Gasteiger partial charge in [-0.25, -0.2) is 8.42 Å². The van der Waals surface area contributed by atoms with Crippen molar-refractivity contribution in [1.29, 1.82) is 0 Å². The van der Waals surface area contributed by atoms with E-state index < -0.39 is 9.84 Å². The van der Waals surface area contributed by atoms with Gasteiger partial charge in [-0.05, 0) is 70.1 Å². The maximum Gasteiger partial charge on any atom is 0.191 e. The molecule has 7 heteroatoms. The summed E-state index contributed by atoms with van der Waals surface area (Å²) in [5.41, 5.74) is -0.104. The van der Waals surface area contributed by atoms with Gasteiger partial charge >= 0.3 is 0 Å². The van der Waals surface area contributed by atoms with Crippen LogP contribution in [0.5, 0.6) is 0 Å². The molecule has 0 radical (unpaired) electrons. The molecule has 2 aliphatic heterocycles. The fourth-order valence-corrected chi connectivity index (χ4v) is 7.36. The Bertz CT molecular complexity index is 676. The van der Waals surface area contributed by atoms with E-state index in [1.807, 2.05) is 0 Å². The minimum absolute atomic E-state index is 0.104. The second kappa shape index (κ2) is 7.54. The molecular formula is C20H35N3O3S. The molecule has 4 aliphatic rings. The zero-order valence-electron chi connectivity index (χ0n) is 16.7. The van der Waals surface area contributed by atoms with Gasteiger partial charge in [-0.15, -0.1) is 0 Å². The van der Waals surface area contributed by atoms with Gasteiger partial charge in [-0.3, -0.25) is 4.99 Å². The number of sulfone groups is 1. The average Bonchev–Trinajstić information content (AvgIpc) is 3.27. The molecule has 6 nitrogen and oxygen atoms in total. The van der Waals surface area contributed by atoms with Crippen molar-refractivity contribution in [1.82, 2.24) is 10.6 Å². The van der Waals surface area contributed by atoms with Crippen LogP contribution >= 0.6 is 0 Å². The van der Waals surface area contributed by atoms with Gasteiger partial charge in [0, 0.05) is 25.2 Å². The number of nitrogens with one attached hydrogen (secondary N) is 2. The van der Waals surface area contributed by atoms with Crippen LogP contribution in [0, 0.1) is 17.8 Å². The number of nitrogens with zero attached hydrogens (tertiary/aromatic N) is 1. The molecule has 2 heterocycles. The third-order valence-corrected chi connectivity index (χ3v) is 8.77. The van der Waals surface area contributed by atoms with Crippen molar-refractivity contribution in [2.24, 2.45) is 22.7 Å². The molecule has 2 saturated heterocycles. The highest BCUT2D eigenvalue weighted by Gasteiger charge is 2.40. The van der Waals surface area contributed by atoms with Gasteiger partial charge in [-0.2, -0.15) is 0 Å². The van der Waals surface area contributed by atoms with E-state index in [4.69, 9.17) is 9.73 Å². The zero-order chi connectivity index (χ0) is 19.1. The Balaban J connectivity index is 1.40. The van der Waals surface area contributed by atoms with Gasteiger partial charge < -0.3 is 15.4 Å². The lowest BCUT2D eigenvalue weighted by Crippen LogP contribution is -2.52. The molecule has 5 atom stereocenters. The van der Waals surface area contributed by atoms with E-state index in [9.17, 15) is 8.42 Å². The largest absolute Gasteiger partial charge is 0.375 e. The fraction of sp³-hybridized carbons (Fsp3) is 0.950. The van der Waals surface area contributed by atoms with E-state index in [1.165, 1.54) is 25.7 Å². The van der Waals surface area contributed by atoms with Crippen molar-refractivity contribution in [3.63, 3.8) is 0 Å². The molecule has 2 N–H and O–H groups in total. The number of rotatable bonds is 4. The standard InChI is InChI=1S/C20H35N3O3S/c1-20(2)11-17(5-7-26-20)22-19(21-12-15-6-8-27(24,25)13-15)23-18-10-14-3-4-16(18)9-14/h14-18H,3-13H2,1-2H3,(H2,21,22,23). The van der Waals surface area contributed by atoms with Crippen LogP contribution in [0.15, 0.2) is 4.99 Å². The van der Waals surface area contributed by atoms with E-state index in [0.717, 1.165) is 43.7 Å². The Labute approximate surface area is 163 Å². The van der Waals surface area contributed by atoms with E-state index in [-0.39, 0.29) is 11.5 Å². The molecule has 4 rings (SSSR count). The number of guanidine groups is 1. The smallest absolute Gasteiger partial charge is 0.191 e. The summed E-state index contributed by atoms with van der Waals surface area (Å²) in [5.74, 6) is 3.33. The van der Waals surface area contributed by atoms with Gasteiger partial charge in [0.05, 0.1) is 17.1 Å². The molecule has 4 fully saturated rings. The van der Waals surface area contributed by atoms with E-state index >= 15 is 0 Å². The van der Waals surface area contributed by atoms with Crippen LogP contribution in [0.25, 0.3) is 0 Å². The highest BCUT2D eigenvalue weighted by Crippen LogP contribution is 2.44. The molecule has 27 heavy (non-hydrogen) atoms. The normalized spacial score (nSPS) is 40.2. The molecule has 0 aromatic rings. The predicted octanol–water partition coefficient (Wildman–Crippen LogP) is 2.10. The van der Waals surface area contributed by atoms with Gasteiger partial charge in [0.2, 0.25) is 0 Å². The third kappa shape index (κ3) is 4.97. The maximum absolute atomic E-state index is 11.7. The summed E-state index contributed by atoms with van der Waals surface area (Å²) in [7, 11) is -2.84. The summed E-state index contributed by atoms with van der Waals surface area (Å²) in [4.78, 5) is 4.85. The van der Waals surface area contributed by atoms with E-state index in [2.05, 4.69) is 24.5 Å². The van der Waals surface area contributed by atoms with Crippen molar-refractivity contribution in [2.45, 2.75) is 76.5 Å². The number of ether oxygens (including phenoxy) is 1. The molecule has 0 amide bonds. The number of aliphatic imine (C=N–C) groups is 1. The van der Waals surface area contributed by atoms with Crippen LogP contribution in [0.4, 0.5) is 0 Å². The summed E-state index contributed by atoms with van der Waals surface area (Å²) in [6, 6.07) is 0.876. The Morgan fingerprint density at radius 2 is 2.00 bits per heavy atom. The second-order valence-electron chi connectivity index (χ2n) is 9.83. The molecule has 154 valence electrons. The van der Waals surface area contributed by atoms with Crippen LogP contribution < -0.4 is 10.6 Å². The molecular weight excluding hydrogens is 362 g/mol. The summed E-state index contributed by atoms with van der Waals surface area (Å²) in [6.45, 7) is 5.66. The molecule has 2 bridgehead atoms. The summed E-state index contributed by atoms with van der Waals surface area (Å²) in [5, 5.41) is 7.37. The first-order chi connectivity index (χ1) is 12.8. The predicted molar refractivity (Wildman–Crippen MR) is 108 cm³/mol. The minimum Gasteiger partial charge on any atom is -0.375 e. The van der Waals surface area contributed by atoms with Crippen LogP contribution in [0.1, 0.15) is 58.8 Å². The Morgan fingerprint density at radius 1 is 1.15 bits per heavy atom. The Hall–Kier alpha value is -0.820. The average molecular weight is 398 g/mol. The Morgan fingerprint density at radius 3 is 2.63 bits per heavy atom. The number of hydrogen-bond donors (Lipinski definition) is 2. The third-order valence-electron chi connectivity index (χ3n) is 6.93. The van der Waals surface area contributed by atoms with E-state index in [1.54, 1.807) is 0 Å². The minimum atomic E-state index is -2.84. The van der Waals surface area contributed by atoms with E-state index in [0.29, 0.717) is 30.1 Å². The SMILES string of the molecule is CC1(C)CC(NC(=NCC2CCS(=O)(=O)C2)NC2CC3CCC2C3)CCO1. The molecule has 0 aromatic carbocycles. The van der Waals surface area contributed by atoms with Crippen molar-refractivity contribution in [3.05, 3.63) is 0 Å². The lowest BCUT2D eigenvalue weighted by molar-refractivity contribution is -0.0605. The lowest BCUT2D eigenvalue weighted by Gasteiger charge is -2.37. The van der Waals surface area contributed by atoms with Crippen LogP contribution in [-0.2, 0) is 14.6 Å². The molecule has 2 aliphatic carbocycles. The highest BCUT2D eigenvalue weighted by molar-refractivity contribution is 7.91. The summed E-state index contributed by atoms with van der Waals surface area (Å²) >= 11 is 0. The van der Waals surface area contributed by atoms with Crippen LogP contribution in [0.3, 0.4) is 0 Å². The summed E-state index contributed by atoms with van der Waals surface area (Å²) < 4.78 is 29.3. The molecule has 5 unspecified atom stereocenters. The van der Waals surface area contributed by atoms with Crippen molar-refractivity contribution in [3.8, 4) is 0 Å². The molecule has 2 saturated carbocycles. The molecule has 0 spiro atoms. The van der Waals surface area contributed by atoms with Crippen molar-refractivity contribution in [2.75, 3.05) is 24.7 Å². The Kier molecular flexibility index (Phi) is 5.45. The number of hydrogen-bond acceptors (Lipinski definition) is 4. The maximum atomic E-state index is 11.7. The van der Waals surface area contributed by atoms with Crippen LogP contribution in [-0.4, -0.2) is 56.7 Å². The monoisotopic (exact) mass is 397 g/mol. The quantitative estimate of drug-likeness (QED) is 0.561. The first-order valence-electron chi connectivity index (χ1n) is 10.7. The molecule has 0 aromatic heterocycles. The summed E-state index contributed by atoms with van der Waals surface area (Å²) in [6.07, 6.45) is 8.02. The van der Waals surface area contributed by atoms with Crippen molar-refractivity contribution < 1.29 is 13.2 Å². The first kappa shape index (κ1) is 19.5. The van der Waals surface area contributed by atoms with Gasteiger partial charge in [0.25, 0.3) is 0 Å². The second-order valence-corrected chi connectivity index (χ2v) is 12.1.